The van der Waals surface area contributed by atoms with Crippen molar-refractivity contribution >= 4 is 28.5 Å². The molecule has 0 aliphatic carbocycles. The molecule has 0 spiro atoms. The molecule has 2 aromatic heterocycles. The van der Waals surface area contributed by atoms with Gasteiger partial charge in [0.15, 0.2) is 5.76 Å². The van der Waals surface area contributed by atoms with Crippen LogP contribution in [-0.2, 0) is 6.54 Å². The predicted octanol–water partition coefficient (Wildman–Crippen LogP) is 0.401. The van der Waals surface area contributed by atoms with Gasteiger partial charge in [-0.05, 0) is 35.6 Å². The minimum atomic E-state index is -0.539. The van der Waals surface area contributed by atoms with Crippen molar-refractivity contribution in [1.29, 1.82) is 0 Å². The van der Waals surface area contributed by atoms with Gasteiger partial charge in [-0.2, -0.15) is 0 Å². The molecule has 2 rings (SSSR count). The monoisotopic (exact) mass is 374 g/mol. The number of hydrazine groups is 1. The van der Waals surface area contributed by atoms with Gasteiger partial charge in [0, 0.05) is 5.56 Å². The quantitative estimate of drug-likeness (QED) is 0.351. The normalized spacial score (nSPS) is 10.5. The molecule has 2 heterocycles. The van der Waals surface area contributed by atoms with Gasteiger partial charge in [-0.3, -0.25) is 19.6 Å². The third-order valence-corrected chi connectivity index (χ3v) is 3.82. The Labute approximate surface area is 121 Å². The molecule has 8 heteroatoms. The number of carbonyl (C=O) groups excluding carboxylic acids is 1. The maximum atomic E-state index is 12.0. The van der Waals surface area contributed by atoms with E-state index in [1.807, 2.05) is 28.0 Å². The van der Waals surface area contributed by atoms with Gasteiger partial charge in [0.05, 0.1) is 28.4 Å². The first-order valence-electron chi connectivity index (χ1n) is 5.33. The van der Waals surface area contributed by atoms with Crippen molar-refractivity contribution in [3.05, 3.63) is 49.6 Å². The summed E-state index contributed by atoms with van der Waals surface area (Å²) in [6.45, 7) is 1.96. The van der Waals surface area contributed by atoms with Crippen LogP contribution in [0.1, 0.15) is 21.8 Å². The van der Waals surface area contributed by atoms with Crippen molar-refractivity contribution in [2.75, 3.05) is 0 Å². The number of nitrogens with one attached hydrogen (secondary N) is 1. The van der Waals surface area contributed by atoms with E-state index in [1.165, 1.54) is 17.2 Å². The topological polar surface area (TPSA) is 103 Å². The van der Waals surface area contributed by atoms with Crippen molar-refractivity contribution in [1.82, 2.24) is 15.0 Å². The van der Waals surface area contributed by atoms with Gasteiger partial charge < -0.3 is 4.42 Å². The second-order valence-electron chi connectivity index (χ2n) is 3.83. The Kier molecular flexibility index (Phi) is 4.00. The molecule has 0 atom stereocenters. The van der Waals surface area contributed by atoms with Crippen LogP contribution in [0.15, 0.2) is 27.9 Å². The molecular formula is C11H11IN4O3. The minimum absolute atomic E-state index is 0.0879. The molecule has 100 valence electrons. The molecule has 7 nitrogen and oxygen atoms in total. The Bertz CT molecular complexity index is 677. The number of carbonyl (C=O) groups is 1. The average molecular weight is 374 g/mol. The number of nitrogens with zero attached hydrogens (tertiary/aromatic N) is 2. The van der Waals surface area contributed by atoms with Crippen molar-refractivity contribution in [3.8, 4) is 0 Å². The molecule has 0 aromatic carbocycles. The van der Waals surface area contributed by atoms with E-state index >= 15 is 0 Å². The first kappa shape index (κ1) is 13.7. The highest BCUT2D eigenvalue weighted by Gasteiger charge is 2.15. The highest BCUT2D eigenvalue weighted by atomic mass is 127. The molecule has 0 saturated carbocycles. The highest BCUT2D eigenvalue weighted by molar-refractivity contribution is 14.1. The van der Waals surface area contributed by atoms with Crippen molar-refractivity contribution in [3.63, 3.8) is 0 Å². The Morgan fingerprint density at radius 1 is 1.63 bits per heavy atom. The number of halogens is 1. The third kappa shape index (κ3) is 2.68. The van der Waals surface area contributed by atoms with Crippen molar-refractivity contribution < 1.29 is 9.21 Å². The first-order chi connectivity index (χ1) is 9.04. The highest BCUT2D eigenvalue weighted by Crippen LogP contribution is 2.12. The van der Waals surface area contributed by atoms with Crippen LogP contribution in [0.4, 0.5) is 0 Å². The molecular weight excluding hydrogens is 363 g/mol. The van der Waals surface area contributed by atoms with Gasteiger partial charge in [-0.1, -0.05) is 0 Å². The van der Waals surface area contributed by atoms with Crippen LogP contribution in [0.3, 0.4) is 0 Å². The average Bonchev–Trinajstić information content (AvgIpc) is 2.87. The number of aryl methyl sites for hydroxylation is 1. The summed E-state index contributed by atoms with van der Waals surface area (Å²) >= 11 is 1.95. The van der Waals surface area contributed by atoms with Crippen LogP contribution in [0, 0.1) is 10.5 Å². The summed E-state index contributed by atoms with van der Waals surface area (Å²) < 4.78 is 7.01. The summed E-state index contributed by atoms with van der Waals surface area (Å²) in [7, 11) is 0. The van der Waals surface area contributed by atoms with E-state index in [1.54, 1.807) is 13.0 Å². The summed E-state index contributed by atoms with van der Waals surface area (Å²) in [5.74, 6) is 4.61. The van der Waals surface area contributed by atoms with E-state index in [9.17, 15) is 9.59 Å². The number of nitrogens with two attached hydrogens (primary N) is 1. The number of furan rings is 1. The number of amides is 1. The van der Waals surface area contributed by atoms with Crippen LogP contribution >= 0.6 is 22.6 Å². The van der Waals surface area contributed by atoms with E-state index < -0.39 is 5.91 Å². The standard InChI is InChI=1S/C11H11IN4O3/c1-6-8(12)11(18)16(5-14-6)4-7-2-3-19-9(7)10(17)15-13/h2-3,5H,4,13H2,1H3,(H,15,17). The van der Waals surface area contributed by atoms with E-state index in [0.717, 1.165) is 0 Å². The van der Waals surface area contributed by atoms with E-state index in [-0.39, 0.29) is 17.9 Å². The summed E-state index contributed by atoms with van der Waals surface area (Å²) in [5, 5.41) is 0. The fourth-order valence-corrected chi connectivity index (χ4v) is 2.02. The first-order valence-corrected chi connectivity index (χ1v) is 6.41. The van der Waals surface area contributed by atoms with E-state index in [0.29, 0.717) is 14.8 Å². The van der Waals surface area contributed by atoms with Gasteiger partial charge in [-0.25, -0.2) is 10.8 Å². The summed E-state index contributed by atoms with van der Waals surface area (Å²) in [5.41, 5.74) is 3.07. The van der Waals surface area contributed by atoms with Crippen LogP contribution in [-0.4, -0.2) is 15.5 Å². The van der Waals surface area contributed by atoms with E-state index in [4.69, 9.17) is 10.3 Å². The second kappa shape index (κ2) is 5.53. The fourth-order valence-electron chi connectivity index (χ4n) is 1.57. The molecule has 0 fully saturated rings. The Balaban J connectivity index is 2.38. The lowest BCUT2D eigenvalue weighted by Gasteiger charge is -2.06. The number of aromatic nitrogens is 2. The smallest absolute Gasteiger partial charge is 0.301 e. The van der Waals surface area contributed by atoms with E-state index in [2.05, 4.69) is 4.98 Å². The largest absolute Gasteiger partial charge is 0.459 e. The predicted molar refractivity (Wildman–Crippen MR) is 75.4 cm³/mol. The molecule has 19 heavy (non-hydrogen) atoms. The molecule has 0 aliphatic heterocycles. The summed E-state index contributed by atoms with van der Waals surface area (Å²) in [6.07, 6.45) is 2.81. The molecule has 0 aliphatic rings. The molecule has 0 radical (unpaired) electrons. The zero-order chi connectivity index (χ0) is 14.0. The zero-order valence-electron chi connectivity index (χ0n) is 10.0. The maximum absolute atomic E-state index is 12.0. The van der Waals surface area contributed by atoms with Crippen LogP contribution in [0.2, 0.25) is 0 Å². The number of hydrogen-bond donors (Lipinski definition) is 2. The third-order valence-electron chi connectivity index (χ3n) is 2.58. The van der Waals surface area contributed by atoms with Gasteiger partial charge in [0.1, 0.15) is 0 Å². The molecule has 2 aromatic rings. The number of rotatable bonds is 3. The fraction of sp³-hybridized carbons (Fsp3) is 0.182. The van der Waals surface area contributed by atoms with Gasteiger partial charge >= 0.3 is 5.91 Å². The zero-order valence-corrected chi connectivity index (χ0v) is 12.2. The van der Waals surface area contributed by atoms with Gasteiger partial charge in [-0.15, -0.1) is 0 Å². The summed E-state index contributed by atoms with van der Waals surface area (Å²) in [6, 6.07) is 1.61. The number of hydrogen-bond acceptors (Lipinski definition) is 5. The Morgan fingerprint density at radius 2 is 2.37 bits per heavy atom. The SMILES string of the molecule is Cc1ncn(Cc2ccoc2C(=O)NN)c(=O)c1I. The Hall–Kier alpha value is -1.68. The van der Waals surface area contributed by atoms with Crippen molar-refractivity contribution in [2.24, 2.45) is 5.84 Å². The maximum Gasteiger partial charge on any atom is 0.301 e. The molecule has 0 bridgehead atoms. The van der Waals surface area contributed by atoms with Gasteiger partial charge in [0.2, 0.25) is 0 Å². The minimum Gasteiger partial charge on any atom is -0.459 e. The molecule has 3 N–H and O–H groups in total. The molecule has 0 saturated heterocycles. The van der Waals surface area contributed by atoms with Crippen molar-refractivity contribution in [2.45, 2.75) is 13.5 Å². The lowest BCUT2D eigenvalue weighted by Crippen LogP contribution is -2.31. The van der Waals surface area contributed by atoms with Crippen LogP contribution in [0.5, 0.6) is 0 Å². The lowest BCUT2D eigenvalue weighted by atomic mass is 10.2. The van der Waals surface area contributed by atoms with Crippen LogP contribution in [0.25, 0.3) is 0 Å². The molecule has 0 unspecified atom stereocenters. The lowest BCUT2D eigenvalue weighted by molar-refractivity contribution is 0.0924. The Morgan fingerprint density at radius 3 is 3.05 bits per heavy atom. The molecule has 1 amide bonds. The second-order valence-corrected chi connectivity index (χ2v) is 4.90. The summed E-state index contributed by atoms with van der Waals surface area (Å²) in [4.78, 5) is 27.6. The van der Waals surface area contributed by atoms with Crippen LogP contribution < -0.4 is 16.8 Å². The van der Waals surface area contributed by atoms with Gasteiger partial charge in [0.25, 0.3) is 5.56 Å². The number of nitrogen functional groups attached to an aromatic ring is 1.